The van der Waals surface area contributed by atoms with Crippen molar-refractivity contribution >= 4 is 10.9 Å². The highest BCUT2D eigenvalue weighted by Gasteiger charge is 2.24. The zero-order valence-corrected chi connectivity index (χ0v) is 16.9. The number of hydrogen-bond donors (Lipinski definition) is 3. The van der Waals surface area contributed by atoms with E-state index in [4.69, 9.17) is 4.74 Å². The summed E-state index contributed by atoms with van der Waals surface area (Å²) in [4.78, 5) is 30.6. The molecule has 1 aromatic heterocycles. The van der Waals surface area contributed by atoms with E-state index in [0.717, 1.165) is 0 Å². The van der Waals surface area contributed by atoms with E-state index in [1.807, 2.05) is 18.2 Å². The van der Waals surface area contributed by atoms with Crippen molar-refractivity contribution < 1.29 is 9.84 Å². The number of aliphatic hydroxyl groups is 1. The first-order valence-corrected chi connectivity index (χ1v) is 9.59. The second-order valence-corrected chi connectivity index (χ2v) is 8.09. The fraction of sp³-hybridized carbons (Fsp3) is 0.364. The van der Waals surface area contributed by atoms with Crippen LogP contribution >= 0.6 is 0 Å². The van der Waals surface area contributed by atoms with Gasteiger partial charge in [0.25, 0.3) is 5.56 Å². The van der Waals surface area contributed by atoms with Gasteiger partial charge in [0.1, 0.15) is 23.8 Å². The van der Waals surface area contributed by atoms with Crippen LogP contribution in [0.2, 0.25) is 0 Å². The number of ether oxygens (including phenoxy) is 1. The second kappa shape index (κ2) is 8.63. The minimum Gasteiger partial charge on any atom is -0.490 e. The van der Waals surface area contributed by atoms with Gasteiger partial charge >= 0.3 is 5.69 Å². The molecule has 0 bridgehead atoms. The Morgan fingerprint density at radius 1 is 1.03 bits per heavy atom. The van der Waals surface area contributed by atoms with Crippen LogP contribution in [0, 0.1) is 0 Å². The Kier molecular flexibility index (Phi) is 6.20. The van der Waals surface area contributed by atoms with Crippen LogP contribution in [-0.2, 0) is 6.54 Å². The normalized spacial score (nSPS) is 13.0. The molecule has 1 unspecified atom stereocenters. The van der Waals surface area contributed by atoms with Gasteiger partial charge in [-0.3, -0.25) is 14.7 Å². The number of aromatic amines is 2. The third-order valence-corrected chi connectivity index (χ3v) is 4.76. The lowest BCUT2D eigenvalue weighted by Crippen LogP contribution is -2.46. The van der Waals surface area contributed by atoms with E-state index in [0.29, 0.717) is 24.4 Å². The van der Waals surface area contributed by atoms with E-state index in [1.165, 1.54) is 5.56 Å². The van der Waals surface area contributed by atoms with Gasteiger partial charge in [0.15, 0.2) is 0 Å². The second-order valence-electron chi connectivity index (χ2n) is 8.09. The highest BCUT2D eigenvalue weighted by molar-refractivity contribution is 5.83. The van der Waals surface area contributed by atoms with Crippen LogP contribution in [0.4, 0.5) is 0 Å². The smallest absolute Gasteiger partial charge is 0.326 e. The summed E-state index contributed by atoms with van der Waals surface area (Å²) in [5.41, 5.74) is 0.328. The summed E-state index contributed by atoms with van der Waals surface area (Å²) in [6, 6.07) is 15.1. The van der Waals surface area contributed by atoms with Crippen LogP contribution < -0.4 is 16.0 Å². The fourth-order valence-electron chi connectivity index (χ4n) is 3.18. The van der Waals surface area contributed by atoms with Gasteiger partial charge in [-0.05, 0) is 38.5 Å². The summed E-state index contributed by atoms with van der Waals surface area (Å²) >= 11 is 0. The zero-order chi connectivity index (χ0) is 21.0. The van der Waals surface area contributed by atoms with E-state index in [2.05, 4.69) is 47.8 Å². The van der Waals surface area contributed by atoms with Gasteiger partial charge in [-0.25, -0.2) is 4.79 Å². The molecule has 3 aromatic rings. The van der Waals surface area contributed by atoms with Gasteiger partial charge in [0.05, 0.1) is 5.52 Å². The van der Waals surface area contributed by atoms with Crippen LogP contribution in [0.15, 0.2) is 58.1 Å². The first-order chi connectivity index (χ1) is 13.7. The summed E-state index contributed by atoms with van der Waals surface area (Å²) in [5, 5.41) is 10.9. The first kappa shape index (κ1) is 20.8. The number of aromatic nitrogens is 2. The van der Waals surface area contributed by atoms with Crippen molar-refractivity contribution in [2.75, 3.05) is 13.2 Å². The third-order valence-electron chi connectivity index (χ3n) is 4.76. The lowest BCUT2D eigenvalue weighted by molar-refractivity contribution is 0.0287. The molecule has 2 aromatic carbocycles. The lowest BCUT2D eigenvalue weighted by Gasteiger charge is -2.37. The molecule has 3 rings (SSSR count). The molecule has 0 aliphatic heterocycles. The van der Waals surface area contributed by atoms with Gasteiger partial charge in [-0.1, -0.05) is 36.4 Å². The SMILES string of the molecule is CC(C)(C)N(Cc1ccccc1)CC(O)COc1cccc2[nH]c(=O)[nH]c(=O)c12. The molecule has 29 heavy (non-hydrogen) atoms. The molecule has 1 atom stereocenters. The number of rotatable bonds is 7. The van der Waals surface area contributed by atoms with E-state index in [1.54, 1.807) is 18.2 Å². The maximum atomic E-state index is 12.2. The highest BCUT2D eigenvalue weighted by atomic mass is 16.5. The van der Waals surface area contributed by atoms with E-state index in [-0.39, 0.29) is 17.5 Å². The van der Waals surface area contributed by atoms with Gasteiger partial charge in [0, 0.05) is 18.6 Å². The van der Waals surface area contributed by atoms with E-state index in [9.17, 15) is 14.7 Å². The predicted octanol–water partition coefficient (Wildman–Crippen LogP) is 2.26. The zero-order valence-electron chi connectivity index (χ0n) is 16.9. The number of aliphatic hydroxyl groups excluding tert-OH is 1. The maximum Gasteiger partial charge on any atom is 0.326 e. The summed E-state index contributed by atoms with van der Waals surface area (Å²) in [6.07, 6.45) is -0.755. The Morgan fingerprint density at radius 2 is 1.76 bits per heavy atom. The number of H-pyrrole nitrogens is 2. The number of nitrogens with one attached hydrogen (secondary N) is 2. The number of β-amino-alcohol motifs (C(OH)–C–C–N with tert-alkyl or cyclic N) is 1. The molecule has 154 valence electrons. The average molecular weight is 397 g/mol. The lowest BCUT2D eigenvalue weighted by atomic mass is 10.0. The van der Waals surface area contributed by atoms with E-state index < -0.39 is 17.4 Å². The molecule has 0 saturated heterocycles. The van der Waals surface area contributed by atoms with Gasteiger partial charge < -0.3 is 14.8 Å². The molecule has 0 aliphatic rings. The fourth-order valence-corrected chi connectivity index (χ4v) is 3.18. The summed E-state index contributed by atoms with van der Waals surface area (Å²) in [6.45, 7) is 7.45. The Labute approximate surface area is 169 Å². The molecule has 1 heterocycles. The van der Waals surface area contributed by atoms with Crippen LogP contribution in [0.1, 0.15) is 26.3 Å². The van der Waals surface area contributed by atoms with Gasteiger partial charge in [-0.2, -0.15) is 0 Å². The van der Waals surface area contributed by atoms with Crippen molar-refractivity contribution in [1.82, 2.24) is 14.9 Å². The summed E-state index contributed by atoms with van der Waals surface area (Å²) < 4.78 is 5.75. The number of fused-ring (bicyclic) bond motifs is 1. The molecule has 0 amide bonds. The van der Waals surface area contributed by atoms with Gasteiger partial charge in [-0.15, -0.1) is 0 Å². The molecule has 3 N–H and O–H groups in total. The minimum absolute atomic E-state index is 0.0268. The molecular formula is C22H27N3O4. The average Bonchev–Trinajstić information content (AvgIpc) is 2.65. The molecular weight excluding hydrogens is 370 g/mol. The van der Waals surface area contributed by atoms with Crippen molar-refractivity contribution in [3.05, 3.63) is 74.9 Å². The standard InChI is InChI=1S/C22H27N3O4/c1-22(2,3)25(12-15-8-5-4-6-9-15)13-16(26)14-29-18-11-7-10-17-19(18)20(27)24-21(28)23-17/h4-11,16,26H,12-14H2,1-3H3,(H2,23,24,27,28). The largest absolute Gasteiger partial charge is 0.490 e. The molecule has 0 aliphatic carbocycles. The van der Waals surface area contributed by atoms with Crippen molar-refractivity contribution in [1.29, 1.82) is 0 Å². The molecule has 0 radical (unpaired) electrons. The number of nitrogens with zero attached hydrogens (tertiary/aromatic N) is 1. The molecule has 0 saturated carbocycles. The number of benzene rings is 2. The topological polar surface area (TPSA) is 98.4 Å². The summed E-state index contributed by atoms with van der Waals surface area (Å²) in [5.74, 6) is 0.324. The van der Waals surface area contributed by atoms with Crippen molar-refractivity contribution in [2.24, 2.45) is 0 Å². The Balaban J connectivity index is 1.71. The van der Waals surface area contributed by atoms with Crippen molar-refractivity contribution in [3.8, 4) is 5.75 Å². The minimum atomic E-state index is -0.755. The Hall–Kier alpha value is -2.90. The van der Waals surface area contributed by atoms with E-state index >= 15 is 0 Å². The van der Waals surface area contributed by atoms with Crippen LogP contribution in [0.3, 0.4) is 0 Å². The Morgan fingerprint density at radius 3 is 2.45 bits per heavy atom. The number of hydrogen-bond acceptors (Lipinski definition) is 5. The highest BCUT2D eigenvalue weighted by Crippen LogP contribution is 2.21. The summed E-state index contributed by atoms with van der Waals surface area (Å²) in [7, 11) is 0. The predicted molar refractivity (Wildman–Crippen MR) is 113 cm³/mol. The van der Waals surface area contributed by atoms with Crippen molar-refractivity contribution in [2.45, 2.75) is 39.0 Å². The van der Waals surface area contributed by atoms with Gasteiger partial charge in [0.2, 0.25) is 0 Å². The molecule has 0 fully saturated rings. The van der Waals surface area contributed by atoms with Crippen LogP contribution in [0.5, 0.6) is 5.75 Å². The third kappa shape index (κ3) is 5.34. The maximum absolute atomic E-state index is 12.2. The molecule has 0 spiro atoms. The van der Waals surface area contributed by atoms with Crippen LogP contribution in [-0.4, -0.2) is 44.8 Å². The first-order valence-electron chi connectivity index (χ1n) is 9.59. The molecule has 7 nitrogen and oxygen atoms in total. The monoisotopic (exact) mass is 397 g/mol. The quantitative estimate of drug-likeness (QED) is 0.568. The molecule has 7 heteroatoms. The van der Waals surface area contributed by atoms with Crippen molar-refractivity contribution in [3.63, 3.8) is 0 Å². The Bertz CT molecular complexity index is 1070. The van der Waals surface area contributed by atoms with Crippen LogP contribution in [0.25, 0.3) is 10.9 Å².